The molecule has 100 valence electrons. The van der Waals surface area contributed by atoms with Crippen LogP contribution in [0.5, 0.6) is 0 Å². The van der Waals surface area contributed by atoms with Crippen molar-refractivity contribution in [1.29, 1.82) is 0 Å². The molecule has 0 saturated heterocycles. The summed E-state index contributed by atoms with van der Waals surface area (Å²) in [5.74, 6) is -0.383. The summed E-state index contributed by atoms with van der Waals surface area (Å²) >= 11 is 0. The van der Waals surface area contributed by atoms with Gasteiger partial charge in [-0.25, -0.2) is 4.68 Å². The van der Waals surface area contributed by atoms with Crippen molar-refractivity contribution in [3.05, 3.63) is 41.7 Å². The molecule has 1 unspecified atom stereocenters. The van der Waals surface area contributed by atoms with Gasteiger partial charge in [0.2, 0.25) is 5.91 Å². The highest BCUT2D eigenvalue weighted by Crippen LogP contribution is 2.23. The molecule has 0 aliphatic rings. The fraction of sp³-hybridized carbons (Fsp3) is 0.286. The Morgan fingerprint density at radius 1 is 1.32 bits per heavy atom. The second-order valence-corrected chi connectivity index (χ2v) is 4.56. The molecule has 19 heavy (non-hydrogen) atoms. The van der Waals surface area contributed by atoms with Crippen molar-refractivity contribution in [2.45, 2.75) is 26.8 Å². The number of primary amides is 1. The first-order valence-corrected chi connectivity index (χ1v) is 6.18. The highest BCUT2D eigenvalue weighted by Gasteiger charge is 2.16. The molecule has 0 aliphatic carbocycles. The lowest BCUT2D eigenvalue weighted by Crippen LogP contribution is -2.32. The molecule has 0 aliphatic heterocycles. The van der Waals surface area contributed by atoms with Crippen LogP contribution in [0.4, 0.5) is 5.69 Å². The normalized spacial score (nSPS) is 12.2. The third-order valence-corrected chi connectivity index (χ3v) is 3.08. The molecule has 3 N–H and O–H groups in total. The number of nitrogens with two attached hydrogens (primary N) is 1. The molecule has 2 aromatic rings. The number of anilines is 1. The van der Waals surface area contributed by atoms with Crippen molar-refractivity contribution in [3.8, 4) is 5.69 Å². The van der Waals surface area contributed by atoms with Crippen LogP contribution in [0.3, 0.4) is 0 Å². The Morgan fingerprint density at radius 3 is 2.53 bits per heavy atom. The minimum Gasteiger partial charge on any atom is -0.371 e. The maximum absolute atomic E-state index is 11.1. The van der Waals surface area contributed by atoms with Crippen molar-refractivity contribution in [1.82, 2.24) is 9.78 Å². The lowest BCUT2D eigenvalue weighted by molar-refractivity contribution is -0.118. The van der Waals surface area contributed by atoms with Crippen LogP contribution in [-0.4, -0.2) is 21.7 Å². The van der Waals surface area contributed by atoms with Gasteiger partial charge in [0.15, 0.2) is 0 Å². The van der Waals surface area contributed by atoms with E-state index in [0.717, 1.165) is 22.8 Å². The van der Waals surface area contributed by atoms with Crippen LogP contribution in [0.15, 0.2) is 30.3 Å². The van der Waals surface area contributed by atoms with Gasteiger partial charge in [-0.2, -0.15) is 5.10 Å². The molecule has 5 heteroatoms. The molecular formula is C14H18N4O. The molecule has 1 heterocycles. The van der Waals surface area contributed by atoms with Crippen molar-refractivity contribution >= 4 is 11.6 Å². The predicted octanol–water partition coefficient (Wildman–Crippen LogP) is 1.77. The van der Waals surface area contributed by atoms with Crippen LogP contribution < -0.4 is 11.1 Å². The van der Waals surface area contributed by atoms with Crippen LogP contribution in [0, 0.1) is 13.8 Å². The first kappa shape index (κ1) is 13.1. The van der Waals surface area contributed by atoms with Crippen LogP contribution in [-0.2, 0) is 4.79 Å². The summed E-state index contributed by atoms with van der Waals surface area (Å²) in [5.41, 5.74) is 8.92. The second-order valence-electron chi connectivity index (χ2n) is 4.56. The van der Waals surface area contributed by atoms with E-state index in [1.54, 1.807) is 6.92 Å². The number of benzene rings is 1. The van der Waals surface area contributed by atoms with E-state index in [-0.39, 0.29) is 5.91 Å². The van der Waals surface area contributed by atoms with E-state index in [1.807, 2.05) is 48.9 Å². The quantitative estimate of drug-likeness (QED) is 0.878. The Labute approximate surface area is 112 Å². The summed E-state index contributed by atoms with van der Waals surface area (Å²) in [6.07, 6.45) is 0. The maximum Gasteiger partial charge on any atom is 0.239 e. The number of nitrogens with zero attached hydrogens (tertiary/aromatic N) is 2. The largest absolute Gasteiger partial charge is 0.371 e. The molecule has 0 saturated carbocycles. The standard InChI is InChI=1S/C14H18N4O/c1-9-13(16-10(2)14(15)19)11(3)18(17-9)12-7-5-4-6-8-12/h4-8,10,16H,1-3H3,(H2,15,19). The molecule has 1 aromatic heterocycles. The summed E-state index contributed by atoms with van der Waals surface area (Å²) in [5, 5.41) is 7.61. The zero-order valence-electron chi connectivity index (χ0n) is 11.3. The van der Waals surface area contributed by atoms with Crippen molar-refractivity contribution in [2.75, 3.05) is 5.32 Å². The molecule has 5 nitrogen and oxygen atoms in total. The minimum atomic E-state index is -0.425. The van der Waals surface area contributed by atoms with Gasteiger partial charge in [0.05, 0.1) is 22.8 Å². The summed E-state index contributed by atoms with van der Waals surface area (Å²) in [7, 11) is 0. The van der Waals surface area contributed by atoms with Crippen LogP contribution in [0.2, 0.25) is 0 Å². The molecule has 0 bridgehead atoms. The van der Waals surface area contributed by atoms with E-state index in [4.69, 9.17) is 5.73 Å². The number of para-hydroxylation sites is 1. The second kappa shape index (κ2) is 5.14. The van der Waals surface area contributed by atoms with Gasteiger partial charge in [-0.05, 0) is 32.9 Å². The Hall–Kier alpha value is -2.30. The predicted molar refractivity (Wildman–Crippen MR) is 75.3 cm³/mol. The number of amides is 1. The molecule has 0 fully saturated rings. The number of aromatic nitrogens is 2. The fourth-order valence-corrected chi connectivity index (χ4v) is 1.96. The van der Waals surface area contributed by atoms with Gasteiger partial charge in [0.1, 0.15) is 6.04 Å². The highest BCUT2D eigenvalue weighted by molar-refractivity contribution is 5.82. The van der Waals surface area contributed by atoms with Gasteiger partial charge in [-0.15, -0.1) is 0 Å². The first-order chi connectivity index (χ1) is 9.00. The monoisotopic (exact) mass is 258 g/mol. The summed E-state index contributed by atoms with van der Waals surface area (Å²) in [4.78, 5) is 11.1. The number of hydrogen-bond donors (Lipinski definition) is 2. The molecule has 1 amide bonds. The molecule has 2 rings (SSSR count). The molecule has 0 spiro atoms. The third-order valence-electron chi connectivity index (χ3n) is 3.08. The number of aryl methyl sites for hydroxylation is 1. The highest BCUT2D eigenvalue weighted by atomic mass is 16.1. The Balaban J connectivity index is 2.38. The number of rotatable bonds is 4. The number of carbonyl (C=O) groups is 1. The fourth-order valence-electron chi connectivity index (χ4n) is 1.96. The third kappa shape index (κ3) is 2.59. The van der Waals surface area contributed by atoms with E-state index in [2.05, 4.69) is 10.4 Å². The van der Waals surface area contributed by atoms with Gasteiger partial charge in [-0.1, -0.05) is 18.2 Å². The first-order valence-electron chi connectivity index (χ1n) is 6.18. The minimum absolute atomic E-state index is 0.383. The topological polar surface area (TPSA) is 72.9 Å². The summed E-state index contributed by atoms with van der Waals surface area (Å²) in [6.45, 7) is 5.60. The summed E-state index contributed by atoms with van der Waals surface area (Å²) in [6, 6.07) is 9.44. The van der Waals surface area contributed by atoms with E-state index >= 15 is 0 Å². The molecule has 1 aromatic carbocycles. The summed E-state index contributed by atoms with van der Waals surface area (Å²) < 4.78 is 1.85. The van der Waals surface area contributed by atoms with Crippen LogP contribution in [0.25, 0.3) is 5.69 Å². The lowest BCUT2D eigenvalue weighted by atomic mass is 10.2. The SMILES string of the molecule is Cc1nn(-c2ccccc2)c(C)c1NC(C)C(N)=O. The van der Waals surface area contributed by atoms with Crippen LogP contribution >= 0.6 is 0 Å². The molecular weight excluding hydrogens is 240 g/mol. The van der Waals surface area contributed by atoms with Gasteiger partial charge < -0.3 is 11.1 Å². The van der Waals surface area contributed by atoms with Crippen molar-refractivity contribution in [3.63, 3.8) is 0 Å². The smallest absolute Gasteiger partial charge is 0.239 e. The Bertz CT molecular complexity index is 589. The lowest BCUT2D eigenvalue weighted by Gasteiger charge is -2.12. The molecule has 1 atom stereocenters. The Kier molecular flexibility index (Phi) is 3.55. The van der Waals surface area contributed by atoms with E-state index in [1.165, 1.54) is 0 Å². The average Bonchev–Trinajstić information content (AvgIpc) is 2.67. The Morgan fingerprint density at radius 2 is 1.95 bits per heavy atom. The van der Waals surface area contributed by atoms with Crippen molar-refractivity contribution in [2.24, 2.45) is 5.73 Å². The van der Waals surface area contributed by atoms with Gasteiger partial charge in [0.25, 0.3) is 0 Å². The van der Waals surface area contributed by atoms with E-state index in [0.29, 0.717) is 0 Å². The average molecular weight is 258 g/mol. The van der Waals surface area contributed by atoms with E-state index < -0.39 is 6.04 Å². The van der Waals surface area contributed by atoms with Gasteiger partial charge in [-0.3, -0.25) is 4.79 Å². The molecule has 0 radical (unpaired) electrons. The van der Waals surface area contributed by atoms with Gasteiger partial charge >= 0.3 is 0 Å². The zero-order chi connectivity index (χ0) is 14.0. The van der Waals surface area contributed by atoms with E-state index in [9.17, 15) is 4.79 Å². The van der Waals surface area contributed by atoms with Gasteiger partial charge in [0, 0.05) is 0 Å². The number of hydrogen-bond acceptors (Lipinski definition) is 3. The maximum atomic E-state index is 11.1. The number of carbonyl (C=O) groups excluding carboxylic acids is 1. The number of nitrogens with one attached hydrogen (secondary N) is 1. The zero-order valence-corrected chi connectivity index (χ0v) is 11.3. The van der Waals surface area contributed by atoms with Crippen LogP contribution in [0.1, 0.15) is 18.3 Å². The van der Waals surface area contributed by atoms with Crippen molar-refractivity contribution < 1.29 is 4.79 Å².